The molecule has 1 saturated heterocycles. The smallest absolute Gasteiger partial charge is 0.193 e. The summed E-state index contributed by atoms with van der Waals surface area (Å²) in [7, 11) is 3.23. The Morgan fingerprint density at radius 3 is 2.45 bits per heavy atom. The lowest BCUT2D eigenvalue weighted by molar-refractivity contribution is 0.0523. The van der Waals surface area contributed by atoms with Crippen LogP contribution in [0.2, 0.25) is 10.0 Å². The Morgan fingerprint density at radius 1 is 1.10 bits per heavy atom. The van der Waals surface area contributed by atoms with Gasteiger partial charge >= 0.3 is 0 Å². The van der Waals surface area contributed by atoms with Crippen LogP contribution >= 0.6 is 23.2 Å². The molecule has 1 fully saturated rings. The van der Waals surface area contributed by atoms with Crippen LogP contribution in [-0.2, 0) is 10.2 Å². The largest absolute Gasteiger partial charge is 0.496 e. The number of hydrogen-bond donors (Lipinski definition) is 2. The summed E-state index contributed by atoms with van der Waals surface area (Å²) in [5.41, 5.74) is 7.65. The van der Waals surface area contributed by atoms with E-state index < -0.39 is 0 Å². The summed E-state index contributed by atoms with van der Waals surface area (Å²) in [6, 6.07) is 11.0. The molecule has 1 aliphatic heterocycles. The summed E-state index contributed by atoms with van der Waals surface area (Å²) in [4.78, 5) is 4.62. The van der Waals surface area contributed by atoms with Crippen LogP contribution in [0.1, 0.15) is 18.4 Å². The fraction of sp³-hybridized carbons (Fsp3) is 0.381. The predicted octanol–water partition coefficient (Wildman–Crippen LogP) is 4.49. The van der Waals surface area contributed by atoms with Gasteiger partial charge in [-0.3, -0.25) is 4.99 Å². The highest BCUT2D eigenvalue weighted by Gasteiger charge is 2.37. The number of rotatable bonds is 6. The molecule has 0 bridgehead atoms. The van der Waals surface area contributed by atoms with Crippen molar-refractivity contribution in [3.63, 3.8) is 0 Å². The first kappa shape index (κ1) is 21.6. The van der Waals surface area contributed by atoms with Crippen LogP contribution in [0, 0.1) is 0 Å². The zero-order valence-electron chi connectivity index (χ0n) is 16.5. The molecule has 0 aliphatic carbocycles. The van der Waals surface area contributed by atoms with Crippen molar-refractivity contribution in [1.29, 1.82) is 0 Å². The molecule has 2 aromatic rings. The number of halogens is 2. The van der Waals surface area contributed by atoms with Gasteiger partial charge in [0.05, 0.1) is 25.8 Å². The standard InChI is InChI=1S/C21H25Cl2N3O3/c1-27-18-5-3-14(22)11-16(18)21(7-9-29-10-8-21)13-25-20(24)26-15-4-6-19(28-2)17(23)12-15/h3-6,11-12H,7-10,13H2,1-2H3,(H3,24,25,26). The van der Waals surface area contributed by atoms with Crippen LogP contribution in [-0.4, -0.2) is 39.9 Å². The van der Waals surface area contributed by atoms with Gasteiger partial charge < -0.3 is 25.3 Å². The van der Waals surface area contributed by atoms with Gasteiger partial charge in [0.1, 0.15) is 11.5 Å². The van der Waals surface area contributed by atoms with Gasteiger partial charge in [0.15, 0.2) is 5.96 Å². The van der Waals surface area contributed by atoms with Gasteiger partial charge in [0.25, 0.3) is 0 Å². The topological polar surface area (TPSA) is 78.1 Å². The van der Waals surface area contributed by atoms with E-state index >= 15 is 0 Å². The quantitative estimate of drug-likeness (QED) is 0.514. The number of anilines is 1. The van der Waals surface area contributed by atoms with Crippen molar-refractivity contribution in [2.45, 2.75) is 18.3 Å². The number of nitrogens with zero attached hydrogens (tertiary/aromatic N) is 1. The number of aliphatic imine (C=N–C) groups is 1. The molecule has 0 radical (unpaired) electrons. The molecule has 8 heteroatoms. The van der Waals surface area contributed by atoms with E-state index in [0.29, 0.717) is 41.5 Å². The van der Waals surface area contributed by atoms with Gasteiger partial charge in [-0.2, -0.15) is 0 Å². The van der Waals surface area contributed by atoms with E-state index in [-0.39, 0.29) is 5.41 Å². The number of methoxy groups -OCH3 is 2. The average Bonchev–Trinajstić information content (AvgIpc) is 2.73. The molecular weight excluding hydrogens is 413 g/mol. The molecule has 1 aliphatic rings. The minimum Gasteiger partial charge on any atom is -0.496 e. The number of ether oxygens (including phenoxy) is 3. The third kappa shape index (κ3) is 5.07. The lowest BCUT2D eigenvalue weighted by atomic mass is 9.73. The molecule has 0 unspecified atom stereocenters. The fourth-order valence-electron chi connectivity index (χ4n) is 3.54. The molecule has 1 heterocycles. The third-order valence-corrected chi connectivity index (χ3v) is 5.69. The van der Waals surface area contributed by atoms with E-state index in [4.69, 9.17) is 43.1 Å². The summed E-state index contributed by atoms with van der Waals surface area (Å²) in [5, 5.41) is 4.24. The molecule has 156 valence electrons. The zero-order valence-corrected chi connectivity index (χ0v) is 18.0. The van der Waals surface area contributed by atoms with Gasteiger partial charge in [0, 0.05) is 34.9 Å². The number of guanidine groups is 1. The second kappa shape index (κ2) is 9.57. The average molecular weight is 438 g/mol. The van der Waals surface area contributed by atoms with Crippen molar-refractivity contribution >= 4 is 34.8 Å². The monoisotopic (exact) mass is 437 g/mol. The Labute approximate surface area is 180 Å². The van der Waals surface area contributed by atoms with Crippen molar-refractivity contribution in [1.82, 2.24) is 0 Å². The van der Waals surface area contributed by atoms with Crippen LogP contribution in [0.4, 0.5) is 5.69 Å². The summed E-state index contributed by atoms with van der Waals surface area (Å²) in [6.07, 6.45) is 1.60. The minimum atomic E-state index is -0.266. The van der Waals surface area contributed by atoms with Crippen LogP contribution < -0.4 is 20.5 Å². The second-order valence-corrected chi connectivity index (χ2v) is 7.76. The van der Waals surface area contributed by atoms with Crippen molar-refractivity contribution in [3.8, 4) is 11.5 Å². The Morgan fingerprint density at radius 2 is 1.79 bits per heavy atom. The number of nitrogens with two attached hydrogens (primary N) is 1. The molecule has 0 atom stereocenters. The maximum atomic E-state index is 6.28. The van der Waals surface area contributed by atoms with E-state index in [0.717, 1.165) is 29.8 Å². The van der Waals surface area contributed by atoms with Crippen LogP contribution in [0.5, 0.6) is 11.5 Å². The molecule has 2 aromatic carbocycles. The van der Waals surface area contributed by atoms with E-state index in [9.17, 15) is 0 Å². The molecule has 0 saturated carbocycles. The molecule has 3 rings (SSSR count). The second-order valence-electron chi connectivity index (χ2n) is 6.91. The molecule has 3 N–H and O–H groups in total. The molecule has 0 spiro atoms. The van der Waals surface area contributed by atoms with Crippen molar-refractivity contribution in [2.24, 2.45) is 10.7 Å². The molecular formula is C21H25Cl2N3O3. The molecule has 0 aromatic heterocycles. The van der Waals surface area contributed by atoms with Crippen molar-refractivity contribution in [3.05, 3.63) is 52.0 Å². The van der Waals surface area contributed by atoms with Crippen molar-refractivity contribution in [2.75, 3.05) is 39.3 Å². The highest BCUT2D eigenvalue weighted by Crippen LogP contribution is 2.41. The van der Waals surface area contributed by atoms with E-state index in [1.165, 1.54) is 0 Å². The SMILES string of the molecule is COc1ccc(NC(N)=NCC2(c3cc(Cl)ccc3OC)CCOCC2)cc1Cl. The summed E-state index contributed by atoms with van der Waals surface area (Å²) >= 11 is 12.5. The molecule has 0 amide bonds. The summed E-state index contributed by atoms with van der Waals surface area (Å²) < 4.78 is 16.4. The fourth-order valence-corrected chi connectivity index (χ4v) is 3.97. The third-order valence-electron chi connectivity index (χ3n) is 5.16. The minimum absolute atomic E-state index is 0.266. The Kier molecular flexibility index (Phi) is 7.11. The van der Waals surface area contributed by atoms with Gasteiger partial charge in [-0.1, -0.05) is 23.2 Å². The Bertz CT molecular complexity index is 883. The zero-order chi connectivity index (χ0) is 20.9. The first-order valence-corrected chi connectivity index (χ1v) is 10.1. The maximum Gasteiger partial charge on any atom is 0.193 e. The van der Waals surface area contributed by atoms with E-state index in [2.05, 4.69) is 10.3 Å². The van der Waals surface area contributed by atoms with Crippen LogP contribution in [0.25, 0.3) is 0 Å². The first-order valence-electron chi connectivity index (χ1n) is 9.30. The Balaban J connectivity index is 1.84. The summed E-state index contributed by atoms with van der Waals surface area (Å²) in [5.74, 6) is 1.69. The molecule has 6 nitrogen and oxygen atoms in total. The van der Waals surface area contributed by atoms with E-state index in [1.54, 1.807) is 26.4 Å². The maximum absolute atomic E-state index is 6.28. The summed E-state index contributed by atoms with van der Waals surface area (Å²) in [6.45, 7) is 1.77. The number of hydrogen-bond acceptors (Lipinski definition) is 4. The first-order chi connectivity index (χ1) is 14.0. The number of benzene rings is 2. The normalized spacial score (nSPS) is 16.3. The molecule has 29 heavy (non-hydrogen) atoms. The van der Waals surface area contributed by atoms with Gasteiger partial charge in [0.2, 0.25) is 0 Å². The van der Waals surface area contributed by atoms with E-state index in [1.807, 2.05) is 24.3 Å². The van der Waals surface area contributed by atoms with Crippen LogP contribution in [0.15, 0.2) is 41.4 Å². The van der Waals surface area contributed by atoms with Gasteiger partial charge in [-0.25, -0.2) is 0 Å². The lowest BCUT2D eigenvalue weighted by Crippen LogP contribution is -2.38. The highest BCUT2D eigenvalue weighted by molar-refractivity contribution is 6.32. The number of nitrogens with one attached hydrogen (secondary N) is 1. The lowest BCUT2D eigenvalue weighted by Gasteiger charge is -2.37. The van der Waals surface area contributed by atoms with Gasteiger partial charge in [-0.05, 0) is 49.2 Å². The van der Waals surface area contributed by atoms with Crippen LogP contribution in [0.3, 0.4) is 0 Å². The Hall–Kier alpha value is -2.15. The van der Waals surface area contributed by atoms with Crippen molar-refractivity contribution < 1.29 is 14.2 Å². The highest BCUT2D eigenvalue weighted by atomic mass is 35.5. The predicted molar refractivity (Wildman–Crippen MR) is 118 cm³/mol. The van der Waals surface area contributed by atoms with Gasteiger partial charge in [-0.15, -0.1) is 0 Å².